The van der Waals surface area contributed by atoms with Crippen LogP contribution in [0.25, 0.3) is 0 Å². The first-order valence-corrected chi connectivity index (χ1v) is 7.76. The fourth-order valence-corrected chi connectivity index (χ4v) is 5.64. The monoisotopic (exact) mass is 330 g/mol. The van der Waals surface area contributed by atoms with Gasteiger partial charge in [-0.15, -0.1) is 0 Å². The molecule has 5 heteroatoms. The number of hydrogen-bond donors (Lipinski definition) is 2. The molecule has 108 valence electrons. The van der Waals surface area contributed by atoms with Gasteiger partial charge in [0.05, 0.1) is 4.83 Å². The minimum absolute atomic E-state index is 0.0731. The molecule has 4 atom stereocenters. The zero-order chi connectivity index (χ0) is 14.6. The lowest BCUT2D eigenvalue weighted by atomic mass is 9.65. The number of amides is 2. The van der Waals surface area contributed by atoms with Crippen LogP contribution < -0.4 is 10.6 Å². The van der Waals surface area contributed by atoms with Gasteiger partial charge in [0.15, 0.2) is 0 Å². The second kappa shape index (κ2) is 4.47. The van der Waals surface area contributed by atoms with Crippen molar-refractivity contribution in [3.05, 3.63) is 0 Å². The lowest BCUT2D eigenvalue weighted by molar-refractivity contribution is -0.127. The number of hydrogen-bond acceptors (Lipinski definition) is 2. The Hall–Kier alpha value is -0.580. The first-order chi connectivity index (χ1) is 8.63. The highest BCUT2D eigenvalue weighted by Gasteiger charge is 2.67. The van der Waals surface area contributed by atoms with Crippen molar-refractivity contribution < 1.29 is 9.59 Å². The van der Waals surface area contributed by atoms with Crippen molar-refractivity contribution in [2.45, 2.75) is 51.5 Å². The van der Waals surface area contributed by atoms with Crippen molar-refractivity contribution in [3.63, 3.8) is 0 Å². The van der Waals surface area contributed by atoms with E-state index < -0.39 is 5.66 Å². The average molecular weight is 331 g/mol. The van der Waals surface area contributed by atoms with E-state index in [1.165, 1.54) is 13.8 Å². The van der Waals surface area contributed by atoms with Gasteiger partial charge in [-0.05, 0) is 23.7 Å². The van der Waals surface area contributed by atoms with E-state index >= 15 is 0 Å². The van der Waals surface area contributed by atoms with Crippen LogP contribution in [0.4, 0.5) is 0 Å². The van der Waals surface area contributed by atoms with Crippen LogP contribution in [0.5, 0.6) is 0 Å². The molecule has 2 saturated carbocycles. The van der Waals surface area contributed by atoms with E-state index in [2.05, 4.69) is 47.3 Å². The summed E-state index contributed by atoms with van der Waals surface area (Å²) in [4.78, 5) is 23.3. The molecule has 0 aromatic carbocycles. The normalized spacial score (nSPS) is 38.0. The Bertz CT molecular complexity index is 406. The molecule has 2 N–H and O–H groups in total. The Kier molecular flexibility index (Phi) is 3.49. The van der Waals surface area contributed by atoms with Crippen LogP contribution in [0, 0.1) is 23.2 Å². The number of alkyl halides is 1. The predicted octanol–water partition coefficient (Wildman–Crippen LogP) is 2.03. The molecular formula is C14H23BrN2O2. The third-order valence-corrected chi connectivity index (χ3v) is 6.74. The summed E-state index contributed by atoms with van der Waals surface area (Å²) in [6.45, 7) is 9.79. The Morgan fingerprint density at radius 2 is 1.58 bits per heavy atom. The van der Waals surface area contributed by atoms with Crippen LogP contribution in [0.15, 0.2) is 0 Å². The fraction of sp³-hybridized carbons (Fsp3) is 0.857. The van der Waals surface area contributed by atoms with Gasteiger partial charge in [-0.25, -0.2) is 0 Å². The zero-order valence-electron chi connectivity index (χ0n) is 12.2. The molecule has 2 fully saturated rings. The molecule has 4 nitrogen and oxygen atoms in total. The molecule has 2 bridgehead atoms. The number of fused-ring (bicyclic) bond motifs is 2. The Balaban J connectivity index is 2.40. The van der Waals surface area contributed by atoms with Crippen LogP contribution >= 0.6 is 15.9 Å². The van der Waals surface area contributed by atoms with Crippen molar-refractivity contribution in [2.75, 3.05) is 0 Å². The summed E-state index contributed by atoms with van der Waals surface area (Å²) < 4.78 is 0. The van der Waals surface area contributed by atoms with Gasteiger partial charge in [-0.3, -0.25) is 9.59 Å². The molecule has 2 rings (SSSR count). The molecule has 19 heavy (non-hydrogen) atoms. The lowest BCUT2D eigenvalue weighted by Gasteiger charge is -2.50. The molecule has 0 spiro atoms. The van der Waals surface area contributed by atoms with E-state index in [9.17, 15) is 9.59 Å². The molecule has 2 aliphatic rings. The van der Waals surface area contributed by atoms with Gasteiger partial charge in [0.1, 0.15) is 5.66 Å². The van der Waals surface area contributed by atoms with E-state index in [1.807, 2.05) is 0 Å². The molecule has 0 saturated heterocycles. The number of carbonyl (C=O) groups is 2. The SMILES string of the molecule is CC(=O)NC1(NC(C)=O)[C@@H]2C[C@H]([C@@H]1Br)C(C)(C)[C@H]2C. The van der Waals surface area contributed by atoms with Crippen LogP contribution in [0.1, 0.15) is 41.0 Å². The van der Waals surface area contributed by atoms with Crippen molar-refractivity contribution in [1.82, 2.24) is 10.6 Å². The first kappa shape index (κ1) is 14.8. The van der Waals surface area contributed by atoms with Gasteiger partial charge in [-0.1, -0.05) is 36.7 Å². The van der Waals surface area contributed by atoms with Gasteiger partial charge in [0.25, 0.3) is 0 Å². The topological polar surface area (TPSA) is 58.2 Å². The van der Waals surface area contributed by atoms with Crippen LogP contribution in [0.3, 0.4) is 0 Å². The largest absolute Gasteiger partial charge is 0.332 e. The molecular weight excluding hydrogens is 308 g/mol. The van der Waals surface area contributed by atoms with Crippen molar-refractivity contribution in [1.29, 1.82) is 0 Å². The second-order valence-corrected chi connectivity index (χ2v) is 7.68. The summed E-state index contributed by atoms with van der Waals surface area (Å²) in [5, 5.41) is 6.04. The van der Waals surface area contributed by atoms with Gasteiger partial charge >= 0.3 is 0 Å². The summed E-state index contributed by atoms with van der Waals surface area (Å²) in [7, 11) is 0. The first-order valence-electron chi connectivity index (χ1n) is 6.84. The van der Waals surface area contributed by atoms with E-state index in [0.29, 0.717) is 11.8 Å². The molecule has 0 aromatic rings. The number of rotatable bonds is 2. The van der Waals surface area contributed by atoms with Crippen molar-refractivity contribution >= 4 is 27.7 Å². The minimum Gasteiger partial charge on any atom is -0.332 e. The number of nitrogens with one attached hydrogen (secondary N) is 2. The molecule has 0 aliphatic heterocycles. The average Bonchev–Trinajstić information content (AvgIpc) is 2.62. The Morgan fingerprint density at radius 1 is 1.11 bits per heavy atom. The van der Waals surface area contributed by atoms with Gasteiger partial charge in [0.2, 0.25) is 11.8 Å². The number of halogens is 1. The molecule has 0 radical (unpaired) electrons. The third kappa shape index (κ3) is 2.01. The molecule has 0 unspecified atom stereocenters. The summed E-state index contributed by atoms with van der Waals surface area (Å²) >= 11 is 3.75. The Labute approximate surface area is 123 Å². The van der Waals surface area contributed by atoms with Gasteiger partial charge < -0.3 is 10.6 Å². The Morgan fingerprint density at radius 3 is 1.95 bits per heavy atom. The minimum atomic E-state index is -0.642. The standard InChI is InChI=1S/C14H23BrN2O2/c1-7-10-6-11(13(7,4)5)12(15)14(10,16-8(2)18)17-9(3)19/h7,10-12H,6H2,1-5H3,(H,16,18)(H,17,19)/t7-,10+,11+,12-/m0/s1. The van der Waals surface area contributed by atoms with Gasteiger partial charge in [-0.2, -0.15) is 0 Å². The van der Waals surface area contributed by atoms with Crippen LogP contribution in [-0.2, 0) is 9.59 Å². The smallest absolute Gasteiger partial charge is 0.218 e. The third-order valence-electron chi connectivity index (χ3n) is 5.38. The molecule has 0 heterocycles. The maximum Gasteiger partial charge on any atom is 0.218 e. The van der Waals surface area contributed by atoms with E-state index in [1.54, 1.807) is 0 Å². The molecule has 2 aliphatic carbocycles. The summed E-state index contributed by atoms with van der Waals surface area (Å²) in [5.74, 6) is 0.965. The molecule has 2 amide bonds. The fourth-order valence-electron chi connectivity index (χ4n) is 4.17. The summed E-state index contributed by atoms with van der Waals surface area (Å²) in [6.07, 6.45) is 1.03. The summed E-state index contributed by atoms with van der Waals surface area (Å²) in [6, 6.07) is 0. The quantitative estimate of drug-likeness (QED) is 0.601. The van der Waals surface area contributed by atoms with Gasteiger partial charge in [0, 0.05) is 19.8 Å². The summed E-state index contributed by atoms with van der Waals surface area (Å²) in [5.41, 5.74) is -0.420. The zero-order valence-corrected chi connectivity index (χ0v) is 13.8. The van der Waals surface area contributed by atoms with Crippen LogP contribution in [0.2, 0.25) is 0 Å². The van der Waals surface area contributed by atoms with Crippen molar-refractivity contribution in [2.24, 2.45) is 23.2 Å². The van der Waals surface area contributed by atoms with Crippen LogP contribution in [-0.4, -0.2) is 22.3 Å². The lowest BCUT2D eigenvalue weighted by Crippen LogP contribution is -2.70. The molecule has 0 aromatic heterocycles. The highest BCUT2D eigenvalue weighted by molar-refractivity contribution is 9.09. The highest BCUT2D eigenvalue weighted by Crippen LogP contribution is 2.64. The van der Waals surface area contributed by atoms with E-state index in [-0.39, 0.29) is 28.0 Å². The highest BCUT2D eigenvalue weighted by atomic mass is 79.9. The van der Waals surface area contributed by atoms with E-state index in [4.69, 9.17) is 0 Å². The van der Waals surface area contributed by atoms with E-state index in [0.717, 1.165) is 6.42 Å². The maximum absolute atomic E-state index is 11.6. The number of carbonyl (C=O) groups excluding carboxylic acids is 2. The second-order valence-electron chi connectivity index (χ2n) is 6.69. The maximum atomic E-state index is 11.6. The predicted molar refractivity (Wildman–Crippen MR) is 77.6 cm³/mol. The van der Waals surface area contributed by atoms with Crippen molar-refractivity contribution in [3.8, 4) is 0 Å².